The maximum absolute atomic E-state index is 7.15. The summed E-state index contributed by atoms with van der Waals surface area (Å²) in [5, 5.41) is 8.35. The van der Waals surface area contributed by atoms with E-state index in [9.17, 15) is 0 Å². The van der Waals surface area contributed by atoms with E-state index in [1.807, 2.05) is 0 Å². The molecule has 7 nitrogen and oxygen atoms in total. The largest absolute Gasteiger partial charge is 0.375 e. The van der Waals surface area contributed by atoms with Crippen LogP contribution in [0, 0.1) is 5.41 Å². The molecule has 9 N–H and O–H groups in total. The van der Waals surface area contributed by atoms with Gasteiger partial charge in [0.1, 0.15) is 0 Å². The van der Waals surface area contributed by atoms with Gasteiger partial charge in [0.25, 0.3) is 0 Å². The van der Waals surface area contributed by atoms with E-state index in [-0.39, 0.29) is 11.1 Å². The number of anilines is 2. The first-order valence-electron chi connectivity index (χ1n) is 4.31. The van der Waals surface area contributed by atoms with Crippen LogP contribution >= 0.6 is 12.2 Å². The summed E-state index contributed by atoms with van der Waals surface area (Å²) >= 11 is 4.63. The Morgan fingerprint density at radius 1 is 1.25 bits per heavy atom. The van der Waals surface area contributed by atoms with Crippen LogP contribution < -0.4 is 33.2 Å². The number of nitrogens with two attached hydrogens (primary N) is 3. The minimum atomic E-state index is -0.234. The molecule has 0 amide bonds. The van der Waals surface area contributed by atoms with Gasteiger partial charge in [-0.2, -0.15) is 0 Å². The van der Waals surface area contributed by atoms with E-state index in [0.29, 0.717) is 5.69 Å². The summed E-state index contributed by atoms with van der Waals surface area (Å²) in [6.45, 7) is 0. The Hall–Kier alpha value is -2.06. The molecule has 8 heteroatoms. The normalized spacial score (nSPS) is 9.31. The number of thiocarbonyl (C=S) groups is 1. The summed E-state index contributed by atoms with van der Waals surface area (Å²) in [7, 11) is 0. The minimum Gasteiger partial charge on any atom is -0.375 e. The van der Waals surface area contributed by atoms with Gasteiger partial charge in [-0.3, -0.25) is 16.3 Å². The van der Waals surface area contributed by atoms with Crippen molar-refractivity contribution in [3.05, 3.63) is 24.3 Å². The molecule has 0 aliphatic heterocycles. The monoisotopic (exact) mass is 239 g/mol. The fourth-order valence-electron chi connectivity index (χ4n) is 0.978. The number of hydrazine groups is 2. The first kappa shape index (κ1) is 12.0. The lowest BCUT2D eigenvalue weighted by molar-refractivity contribution is 1.09. The maximum atomic E-state index is 7.15. The van der Waals surface area contributed by atoms with E-state index < -0.39 is 0 Å². The summed E-state index contributed by atoms with van der Waals surface area (Å²) in [5.41, 5.74) is 17.2. The second kappa shape index (κ2) is 5.14. The van der Waals surface area contributed by atoms with Gasteiger partial charge in [0.2, 0.25) is 5.96 Å². The topological polar surface area (TPSA) is 129 Å². The number of nitrogens with one attached hydrogen (secondary N) is 3. The highest BCUT2D eigenvalue weighted by molar-refractivity contribution is 7.80. The van der Waals surface area contributed by atoms with Crippen LogP contribution in [0.3, 0.4) is 0 Å². The molecule has 1 aromatic rings. The summed E-state index contributed by atoms with van der Waals surface area (Å²) in [4.78, 5) is 0. The van der Waals surface area contributed by atoms with E-state index in [2.05, 4.69) is 23.1 Å². The molecule has 0 heterocycles. The van der Waals surface area contributed by atoms with Crippen molar-refractivity contribution in [1.29, 1.82) is 5.41 Å². The van der Waals surface area contributed by atoms with E-state index in [0.717, 1.165) is 10.7 Å². The molecule has 0 spiro atoms. The molecule has 1 aromatic carbocycles. The Kier molecular flexibility index (Phi) is 3.86. The zero-order valence-corrected chi connectivity index (χ0v) is 9.21. The van der Waals surface area contributed by atoms with E-state index >= 15 is 0 Å². The van der Waals surface area contributed by atoms with Crippen LogP contribution in [0.25, 0.3) is 0 Å². The van der Waals surface area contributed by atoms with Gasteiger partial charge in [-0.15, -0.1) is 0 Å². The molecule has 16 heavy (non-hydrogen) atoms. The third kappa shape index (κ3) is 3.26. The Morgan fingerprint density at radius 2 is 1.81 bits per heavy atom. The summed E-state index contributed by atoms with van der Waals surface area (Å²) in [5.74, 6) is 5.28. The Balaban J connectivity index is 2.67. The molecule has 0 radical (unpaired) electrons. The highest BCUT2D eigenvalue weighted by atomic mass is 32.1. The van der Waals surface area contributed by atoms with Gasteiger partial charge in [-0.05, 0) is 36.5 Å². The lowest BCUT2D eigenvalue weighted by Gasteiger charge is -2.16. The SMILES string of the molecule is N=C(N)N(N)c1ccc(NNC(N)=S)cc1. The van der Waals surface area contributed by atoms with Crippen LogP contribution in [0.4, 0.5) is 11.4 Å². The lowest BCUT2D eigenvalue weighted by Crippen LogP contribution is -2.42. The van der Waals surface area contributed by atoms with Gasteiger partial charge in [-0.25, -0.2) is 10.9 Å². The van der Waals surface area contributed by atoms with Crippen molar-refractivity contribution in [2.75, 3.05) is 10.4 Å². The van der Waals surface area contributed by atoms with Crippen molar-refractivity contribution >= 4 is 34.7 Å². The van der Waals surface area contributed by atoms with Crippen molar-refractivity contribution in [2.45, 2.75) is 0 Å². The first-order valence-corrected chi connectivity index (χ1v) is 4.72. The summed E-state index contributed by atoms with van der Waals surface area (Å²) in [6.07, 6.45) is 0. The standard InChI is InChI=1S/C8H13N7S/c9-7(10)15(12)6-3-1-5(2-4-6)13-14-8(11)16/h1-4,13H,12H2,(H3,9,10)(H3,11,14,16). The molecular formula is C8H13N7S. The quantitative estimate of drug-likeness (QED) is 0.137. The Morgan fingerprint density at radius 3 is 2.25 bits per heavy atom. The number of guanidine groups is 1. The smallest absolute Gasteiger partial charge is 0.207 e. The van der Waals surface area contributed by atoms with Crippen LogP contribution in [0.5, 0.6) is 0 Å². The zero-order valence-electron chi connectivity index (χ0n) is 8.40. The average molecular weight is 239 g/mol. The summed E-state index contributed by atoms with van der Waals surface area (Å²) in [6, 6.07) is 6.88. The van der Waals surface area contributed by atoms with Crippen molar-refractivity contribution in [2.24, 2.45) is 17.3 Å². The fraction of sp³-hybridized carbons (Fsp3) is 0. The van der Waals surface area contributed by atoms with Crippen molar-refractivity contribution in [3.8, 4) is 0 Å². The molecule has 1 rings (SSSR count). The fourth-order valence-corrected chi connectivity index (χ4v) is 1.03. The predicted octanol–water partition coefficient (Wildman–Crippen LogP) is -0.580. The lowest BCUT2D eigenvalue weighted by atomic mass is 10.3. The van der Waals surface area contributed by atoms with Crippen molar-refractivity contribution in [1.82, 2.24) is 5.43 Å². The van der Waals surface area contributed by atoms with E-state index in [1.54, 1.807) is 24.3 Å². The first-order chi connectivity index (χ1) is 7.50. The second-order valence-electron chi connectivity index (χ2n) is 2.92. The molecule has 0 saturated carbocycles. The molecule has 0 aliphatic rings. The van der Waals surface area contributed by atoms with Gasteiger partial charge < -0.3 is 11.5 Å². The number of hydrogen-bond donors (Lipinski definition) is 6. The number of nitrogens with zero attached hydrogens (tertiary/aromatic N) is 1. The van der Waals surface area contributed by atoms with Crippen molar-refractivity contribution in [3.63, 3.8) is 0 Å². The predicted molar refractivity (Wildman–Crippen MR) is 68.6 cm³/mol. The van der Waals surface area contributed by atoms with Gasteiger partial charge in [-0.1, -0.05) is 0 Å². The minimum absolute atomic E-state index is 0.147. The molecule has 0 bridgehead atoms. The van der Waals surface area contributed by atoms with Crippen LogP contribution in [0.15, 0.2) is 24.3 Å². The van der Waals surface area contributed by atoms with Gasteiger partial charge in [0.05, 0.1) is 11.4 Å². The summed E-state index contributed by atoms with van der Waals surface area (Å²) < 4.78 is 0. The highest BCUT2D eigenvalue weighted by Gasteiger charge is 2.03. The van der Waals surface area contributed by atoms with Gasteiger partial charge in [0.15, 0.2) is 5.11 Å². The van der Waals surface area contributed by atoms with Crippen LogP contribution in [0.2, 0.25) is 0 Å². The molecule has 0 aliphatic carbocycles. The molecule has 0 saturated heterocycles. The number of benzene rings is 1. The van der Waals surface area contributed by atoms with Crippen LogP contribution in [-0.2, 0) is 0 Å². The molecule has 0 atom stereocenters. The zero-order chi connectivity index (χ0) is 12.1. The van der Waals surface area contributed by atoms with Crippen LogP contribution in [-0.4, -0.2) is 11.1 Å². The van der Waals surface area contributed by atoms with Gasteiger partial charge >= 0.3 is 0 Å². The number of rotatable bonds is 3. The van der Waals surface area contributed by atoms with Crippen molar-refractivity contribution < 1.29 is 0 Å². The average Bonchev–Trinajstić information content (AvgIpc) is 2.26. The van der Waals surface area contributed by atoms with E-state index in [4.69, 9.17) is 22.7 Å². The maximum Gasteiger partial charge on any atom is 0.207 e. The molecular weight excluding hydrogens is 226 g/mol. The Bertz CT molecular complexity index is 388. The molecule has 0 unspecified atom stereocenters. The second-order valence-corrected chi connectivity index (χ2v) is 3.36. The number of hydrogen-bond acceptors (Lipinski definition) is 4. The van der Waals surface area contributed by atoms with Crippen LogP contribution in [0.1, 0.15) is 0 Å². The highest BCUT2D eigenvalue weighted by Crippen LogP contribution is 2.14. The van der Waals surface area contributed by atoms with E-state index in [1.165, 1.54) is 0 Å². The third-order valence-electron chi connectivity index (χ3n) is 1.74. The Labute approximate surface area is 98.0 Å². The third-order valence-corrected chi connectivity index (χ3v) is 1.84. The molecule has 0 aromatic heterocycles. The molecule has 86 valence electrons. The van der Waals surface area contributed by atoms with Gasteiger partial charge in [0, 0.05) is 0 Å². The molecule has 0 fully saturated rings.